The number of carbonyl (C=O) groups excluding carboxylic acids is 1. The van der Waals surface area contributed by atoms with Gasteiger partial charge in [0.15, 0.2) is 0 Å². The van der Waals surface area contributed by atoms with Gasteiger partial charge in [-0.2, -0.15) is 0 Å². The standard InChI is InChI=1S/C22H26N2O/c25-22(15-19-10-9-18-6-3-4-8-21(18)19)23-12-14-24-13-11-17-5-1-2-7-20(17)16-24/h1-8,19H,9-16H2,(H,23,25)/t19-/m1/s1. The molecule has 0 saturated carbocycles. The summed E-state index contributed by atoms with van der Waals surface area (Å²) in [6.45, 7) is 3.77. The van der Waals surface area contributed by atoms with Crippen LogP contribution >= 0.6 is 0 Å². The van der Waals surface area contributed by atoms with Crippen molar-refractivity contribution in [1.82, 2.24) is 10.2 Å². The predicted octanol–water partition coefficient (Wildman–Crippen LogP) is 3.28. The number of aryl methyl sites for hydroxylation is 1. The first-order valence-electron chi connectivity index (χ1n) is 9.43. The molecule has 1 aliphatic heterocycles. The van der Waals surface area contributed by atoms with Crippen molar-refractivity contribution in [2.24, 2.45) is 0 Å². The van der Waals surface area contributed by atoms with Crippen LogP contribution in [0.3, 0.4) is 0 Å². The lowest BCUT2D eigenvalue weighted by molar-refractivity contribution is -0.121. The molecule has 0 saturated heterocycles. The van der Waals surface area contributed by atoms with E-state index < -0.39 is 0 Å². The van der Waals surface area contributed by atoms with Crippen molar-refractivity contribution in [3.8, 4) is 0 Å². The van der Waals surface area contributed by atoms with Gasteiger partial charge in [-0.15, -0.1) is 0 Å². The highest BCUT2D eigenvalue weighted by atomic mass is 16.1. The molecule has 0 spiro atoms. The number of hydrogen-bond donors (Lipinski definition) is 1. The monoisotopic (exact) mass is 334 g/mol. The van der Waals surface area contributed by atoms with Gasteiger partial charge in [0.1, 0.15) is 0 Å². The van der Waals surface area contributed by atoms with Gasteiger partial charge in [0.25, 0.3) is 0 Å². The summed E-state index contributed by atoms with van der Waals surface area (Å²) in [5.74, 6) is 0.595. The second kappa shape index (κ2) is 7.40. The van der Waals surface area contributed by atoms with Crippen LogP contribution in [0, 0.1) is 0 Å². The van der Waals surface area contributed by atoms with Gasteiger partial charge in [-0.1, -0.05) is 48.5 Å². The maximum atomic E-state index is 12.3. The van der Waals surface area contributed by atoms with Gasteiger partial charge in [0.2, 0.25) is 5.91 Å². The quantitative estimate of drug-likeness (QED) is 0.910. The fraction of sp³-hybridized carbons (Fsp3) is 0.409. The normalized spacial score (nSPS) is 19.3. The molecular weight excluding hydrogens is 308 g/mol. The van der Waals surface area contributed by atoms with E-state index in [1.807, 2.05) is 0 Å². The number of hydrogen-bond acceptors (Lipinski definition) is 2. The number of rotatable bonds is 5. The molecular formula is C22H26N2O. The second-order valence-electron chi connectivity index (χ2n) is 7.28. The smallest absolute Gasteiger partial charge is 0.220 e. The van der Waals surface area contributed by atoms with Crippen molar-refractivity contribution < 1.29 is 4.79 Å². The maximum Gasteiger partial charge on any atom is 0.220 e. The Morgan fingerprint density at radius 2 is 1.76 bits per heavy atom. The Labute approximate surface area is 150 Å². The third kappa shape index (κ3) is 3.77. The number of carbonyl (C=O) groups is 1. The molecule has 2 aromatic rings. The summed E-state index contributed by atoms with van der Waals surface area (Å²) in [5, 5.41) is 3.13. The van der Waals surface area contributed by atoms with Crippen LogP contribution in [0.25, 0.3) is 0 Å². The van der Waals surface area contributed by atoms with E-state index >= 15 is 0 Å². The summed E-state index contributed by atoms with van der Waals surface area (Å²) in [7, 11) is 0. The molecule has 1 heterocycles. The van der Waals surface area contributed by atoms with E-state index in [1.54, 1.807) is 0 Å². The van der Waals surface area contributed by atoms with Crippen molar-refractivity contribution in [3.63, 3.8) is 0 Å². The zero-order valence-electron chi connectivity index (χ0n) is 14.7. The molecule has 3 heteroatoms. The van der Waals surface area contributed by atoms with Gasteiger partial charge < -0.3 is 5.32 Å². The third-order valence-corrected chi connectivity index (χ3v) is 5.65. The van der Waals surface area contributed by atoms with Crippen molar-refractivity contribution in [3.05, 3.63) is 70.8 Å². The van der Waals surface area contributed by atoms with Gasteiger partial charge in [-0.05, 0) is 47.4 Å². The first-order valence-corrected chi connectivity index (χ1v) is 9.43. The molecule has 1 N–H and O–H groups in total. The van der Waals surface area contributed by atoms with E-state index in [4.69, 9.17) is 0 Å². The lowest BCUT2D eigenvalue weighted by Gasteiger charge is -2.28. The third-order valence-electron chi connectivity index (χ3n) is 5.65. The zero-order valence-corrected chi connectivity index (χ0v) is 14.7. The molecule has 0 radical (unpaired) electrons. The minimum atomic E-state index is 0.194. The van der Waals surface area contributed by atoms with E-state index in [1.165, 1.54) is 22.3 Å². The van der Waals surface area contributed by atoms with Crippen LogP contribution in [-0.4, -0.2) is 30.4 Å². The summed E-state index contributed by atoms with van der Waals surface area (Å²) in [6, 6.07) is 17.2. The summed E-state index contributed by atoms with van der Waals surface area (Å²) >= 11 is 0. The average Bonchev–Trinajstić information content (AvgIpc) is 3.05. The van der Waals surface area contributed by atoms with Crippen LogP contribution in [-0.2, 0) is 24.2 Å². The Hall–Kier alpha value is -2.13. The summed E-state index contributed by atoms with van der Waals surface area (Å²) in [5.41, 5.74) is 5.71. The Bertz CT molecular complexity index is 755. The Kier molecular flexibility index (Phi) is 4.84. The first-order chi connectivity index (χ1) is 12.3. The first kappa shape index (κ1) is 16.3. The van der Waals surface area contributed by atoms with Crippen molar-refractivity contribution in [1.29, 1.82) is 0 Å². The summed E-state index contributed by atoms with van der Waals surface area (Å²) in [6.07, 6.45) is 3.96. The topological polar surface area (TPSA) is 32.3 Å². The molecule has 0 fully saturated rings. The van der Waals surface area contributed by atoms with E-state index in [2.05, 4.69) is 58.7 Å². The highest BCUT2D eigenvalue weighted by Crippen LogP contribution is 2.35. The molecule has 25 heavy (non-hydrogen) atoms. The molecule has 0 unspecified atom stereocenters. The van der Waals surface area contributed by atoms with Crippen LogP contribution in [0.2, 0.25) is 0 Å². The number of benzene rings is 2. The Morgan fingerprint density at radius 3 is 2.64 bits per heavy atom. The SMILES string of the molecule is O=C(C[C@H]1CCc2ccccc21)NCCN1CCc2ccccc2C1. The van der Waals surface area contributed by atoms with Crippen LogP contribution in [0.5, 0.6) is 0 Å². The molecule has 1 aliphatic carbocycles. The molecule has 130 valence electrons. The minimum absolute atomic E-state index is 0.194. The van der Waals surface area contributed by atoms with Gasteiger partial charge in [-0.3, -0.25) is 9.69 Å². The van der Waals surface area contributed by atoms with Crippen LogP contribution in [0.1, 0.15) is 41.0 Å². The molecule has 2 aliphatic rings. The largest absolute Gasteiger partial charge is 0.355 e. The van der Waals surface area contributed by atoms with E-state index in [0.717, 1.165) is 45.4 Å². The molecule has 0 aromatic heterocycles. The van der Waals surface area contributed by atoms with Gasteiger partial charge in [0, 0.05) is 32.6 Å². The summed E-state index contributed by atoms with van der Waals surface area (Å²) < 4.78 is 0. The number of nitrogens with zero attached hydrogens (tertiary/aromatic N) is 1. The minimum Gasteiger partial charge on any atom is -0.355 e. The van der Waals surface area contributed by atoms with Gasteiger partial charge in [-0.25, -0.2) is 0 Å². The van der Waals surface area contributed by atoms with Crippen LogP contribution < -0.4 is 5.32 Å². The molecule has 0 bridgehead atoms. The fourth-order valence-corrected chi connectivity index (χ4v) is 4.25. The average molecular weight is 334 g/mol. The highest BCUT2D eigenvalue weighted by molar-refractivity contribution is 5.77. The van der Waals surface area contributed by atoms with Crippen molar-refractivity contribution >= 4 is 5.91 Å². The molecule has 1 amide bonds. The van der Waals surface area contributed by atoms with Gasteiger partial charge in [0.05, 0.1) is 0 Å². The molecule has 1 atom stereocenters. The lowest BCUT2D eigenvalue weighted by Crippen LogP contribution is -2.38. The number of nitrogens with one attached hydrogen (secondary N) is 1. The van der Waals surface area contributed by atoms with Crippen molar-refractivity contribution in [2.45, 2.75) is 38.1 Å². The molecule has 4 rings (SSSR count). The maximum absolute atomic E-state index is 12.3. The fourth-order valence-electron chi connectivity index (χ4n) is 4.25. The van der Waals surface area contributed by atoms with Gasteiger partial charge >= 0.3 is 0 Å². The second-order valence-corrected chi connectivity index (χ2v) is 7.28. The Morgan fingerprint density at radius 1 is 1.00 bits per heavy atom. The summed E-state index contributed by atoms with van der Waals surface area (Å²) in [4.78, 5) is 14.8. The van der Waals surface area contributed by atoms with E-state index in [9.17, 15) is 4.79 Å². The highest BCUT2D eigenvalue weighted by Gasteiger charge is 2.24. The number of fused-ring (bicyclic) bond motifs is 2. The van der Waals surface area contributed by atoms with E-state index in [0.29, 0.717) is 12.3 Å². The van der Waals surface area contributed by atoms with Crippen LogP contribution in [0.15, 0.2) is 48.5 Å². The predicted molar refractivity (Wildman–Crippen MR) is 101 cm³/mol. The number of amides is 1. The van der Waals surface area contributed by atoms with Crippen molar-refractivity contribution in [2.75, 3.05) is 19.6 Å². The molecule has 2 aromatic carbocycles. The van der Waals surface area contributed by atoms with Crippen LogP contribution in [0.4, 0.5) is 0 Å². The molecule has 3 nitrogen and oxygen atoms in total. The Balaban J connectivity index is 1.23. The van der Waals surface area contributed by atoms with E-state index in [-0.39, 0.29) is 5.91 Å². The zero-order chi connectivity index (χ0) is 17.1. The lowest BCUT2D eigenvalue weighted by atomic mass is 9.97.